The summed E-state index contributed by atoms with van der Waals surface area (Å²) < 4.78 is 1.47. The van der Waals surface area contributed by atoms with E-state index in [1.54, 1.807) is 55.0 Å². The summed E-state index contributed by atoms with van der Waals surface area (Å²) >= 11 is 6.01. The molecule has 0 aliphatic carbocycles. The molecule has 26 heavy (non-hydrogen) atoms. The maximum atomic E-state index is 12.4. The predicted molar refractivity (Wildman–Crippen MR) is 104 cm³/mol. The molecule has 0 fully saturated rings. The topological polar surface area (TPSA) is 74.5 Å². The van der Waals surface area contributed by atoms with E-state index >= 15 is 0 Å². The number of aromatic nitrogens is 3. The molecule has 128 valence electrons. The first kappa shape index (κ1) is 17.5. The minimum atomic E-state index is -0.768. The van der Waals surface area contributed by atoms with Gasteiger partial charge in [-0.05, 0) is 28.8 Å². The Kier molecular flexibility index (Phi) is 4.87. The fourth-order valence-corrected chi connectivity index (χ4v) is 3.00. The third kappa shape index (κ3) is 3.10. The van der Waals surface area contributed by atoms with Crippen LogP contribution in [0.25, 0.3) is 23.3 Å². The smallest absolute Gasteiger partial charge is 0.270 e. The Hall–Kier alpha value is -3.36. The highest BCUT2D eigenvalue weighted by molar-refractivity contribution is 6.30. The van der Waals surface area contributed by atoms with E-state index < -0.39 is 6.04 Å². The second-order valence-electron chi connectivity index (χ2n) is 5.57. The van der Waals surface area contributed by atoms with E-state index in [2.05, 4.69) is 29.3 Å². The molecule has 0 bridgehead atoms. The third-order valence-corrected chi connectivity index (χ3v) is 4.28. The van der Waals surface area contributed by atoms with Gasteiger partial charge in [0, 0.05) is 29.2 Å². The van der Waals surface area contributed by atoms with Gasteiger partial charge in [0.25, 0.3) is 5.56 Å². The molecule has 5 nitrogen and oxygen atoms in total. The standard InChI is InChI=1S/C20H15ClN4O/c1-3-13-10-23-11-17(16(13)4-2)19(9-22)25-12-18(20(26)24-25)14-6-5-7-15(21)8-14/h3-8,10-12,19H,1-2H2,(H,24,26). The van der Waals surface area contributed by atoms with Crippen LogP contribution in [0.3, 0.4) is 0 Å². The quantitative estimate of drug-likeness (QED) is 0.735. The van der Waals surface area contributed by atoms with Crippen molar-refractivity contribution in [2.45, 2.75) is 6.04 Å². The van der Waals surface area contributed by atoms with Crippen molar-refractivity contribution in [3.63, 3.8) is 0 Å². The summed E-state index contributed by atoms with van der Waals surface area (Å²) in [6.45, 7) is 7.57. The lowest BCUT2D eigenvalue weighted by Crippen LogP contribution is -2.14. The summed E-state index contributed by atoms with van der Waals surface area (Å²) in [5.74, 6) is 0. The normalized spacial score (nSPS) is 11.5. The number of nitrogens with zero attached hydrogens (tertiary/aromatic N) is 3. The second kappa shape index (κ2) is 7.26. The molecule has 2 heterocycles. The highest BCUT2D eigenvalue weighted by Gasteiger charge is 2.20. The van der Waals surface area contributed by atoms with Crippen molar-refractivity contribution in [1.82, 2.24) is 14.8 Å². The summed E-state index contributed by atoms with van der Waals surface area (Å²) in [6.07, 6.45) is 8.15. The number of benzene rings is 1. The molecule has 3 aromatic rings. The summed E-state index contributed by atoms with van der Waals surface area (Å²) in [5.41, 5.74) is 2.95. The Balaban J connectivity index is 2.13. The molecule has 6 heteroatoms. The van der Waals surface area contributed by atoms with Crippen LogP contribution in [0.15, 0.2) is 60.8 Å². The number of aromatic amines is 1. The fourth-order valence-electron chi connectivity index (χ4n) is 2.81. The minimum absolute atomic E-state index is 0.305. The molecule has 2 aromatic heterocycles. The maximum Gasteiger partial charge on any atom is 0.271 e. The van der Waals surface area contributed by atoms with Crippen LogP contribution in [-0.2, 0) is 0 Å². The molecular weight excluding hydrogens is 348 g/mol. The van der Waals surface area contributed by atoms with Gasteiger partial charge in [-0.25, -0.2) is 0 Å². The maximum absolute atomic E-state index is 12.4. The van der Waals surface area contributed by atoms with Crippen LogP contribution in [0.2, 0.25) is 5.02 Å². The molecule has 0 aliphatic rings. The van der Waals surface area contributed by atoms with E-state index in [0.717, 1.165) is 11.1 Å². The third-order valence-electron chi connectivity index (χ3n) is 4.05. The molecule has 3 rings (SSSR count). The van der Waals surface area contributed by atoms with E-state index in [0.29, 0.717) is 21.7 Å². The molecule has 0 aliphatic heterocycles. The zero-order chi connectivity index (χ0) is 18.7. The van der Waals surface area contributed by atoms with Gasteiger partial charge >= 0.3 is 0 Å². The summed E-state index contributed by atoms with van der Waals surface area (Å²) in [6, 6.07) is 8.43. The van der Waals surface area contributed by atoms with Gasteiger partial charge in [-0.1, -0.05) is 49.0 Å². The average Bonchev–Trinajstić information content (AvgIpc) is 3.03. The molecule has 0 saturated heterocycles. The van der Waals surface area contributed by atoms with Gasteiger partial charge in [0.15, 0.2) is 6.04 Å². The summed E-state index contributed by atoms with van der Waals surface area (Å²) in [7, 11) is 0. The largest absolute Gasteiger partial charge is 0.271 e. The van der Waals surface area contributed by atoms with Gasteiger partial charge in [0.2, 0.25) is 0 Å². The number of nitrogens with one attached hydrogen (secondary N) is 1. The Morgan fingerprint density at radius 1 is 1.31 bits per heavy atom. The fraction of sp³-hybridized carbons (Fsp3) is 0.0500. The van der Waals surface area contributed by atoms with Gasteiger partial charge in [0.1, 0.15) is 0 Å². The van der Waals surface area contributed by atoms with Crippen LogP contribution in [0, 0.1) is 11.3 Å². The average molecular weight is 363 g/mol. The van der Waals surface area contributed by atoms with Crippen molar-refractivity contribution in [1.29, 1.82) is 5.26 Å². The van der Waals surface area contributed by atoms with Crippen LogP contribution >= 0.6 is 11.6 Å². The lowest BCUT2D eigenvalue weighted by Gasteiger charge is -2.15. The zero-order valence-corrected chi connectivity index (χ0v) is 14.6. The van der Waals surface area contributed by atoms with Gasteiger partial charge in [-0.3, -0.25) is 19.6 Å². The predicted octanol–water partition coefficient (Wildman–Crippen LogP) is 4.29. The van der Waals surface area contributed by atoms with Gasteiger partial charge in [-0.2, -0.15) is 5.26 Å². The van der Waals surface area contributed by atoms with E-state index in [9.17, 15) is 10.1 Å². The number of nitriles is 1. The number of hydrogen-bond acceptors (Lipinski definition) is 3. The van der Waals surface area contributed by atoms with E-state index in [4.69, 9.17) is 11.6 Å². The van der Waals surface area contributed by atoms with Gasteiger partial charge in [-0.15, -0.1) is 0 Å². The summed E-state index contributed by atoms with van der Waals surface area (Å²) in [4.78, 5) is 16.6. The van der Waals surface area contributed by atoms with Crippen LogP contribution in [0.1, 0.15) is 22.7 Å². The number of pyridine rings is 1. The molecule has 0 saturated carbocycles. The minimum Gasteiger partial charge on any atom is -0.270 e. The molecule has 0 spiro atoms. The Bertz CT molecular complexity index is 1090. The molecule has 1 aromatic carbocycles. The number of rotatable bonds is 5. The molecule has 1 atom stereocenters. The van der Waals surface area contributed by atoms with Crippen molar-refractivity contribution in [3.05, 3.63) is 88.1 Å². The number of hydrogen-bond donors (Lipinski definition) is 1. The van der Waals surface area contributed by atoms with Gasteiger partial charge in [0.05, 0.1) is 11.6 Å². The molecule has 1 unspecified atom stereocenters. The van der Waals surface area contributed by atoms with E-state index in [1.807, 2.05) is 0 Å². The Morgan fingerprint density at radius 3 is 2.77 bits per heavy atom. The first-order valence-corrected chi connectivity index (χ1v) is 8.16. The van der Waals surface area contributed by atoms with Crippen molar-refractivity contribution in [2.75, 3.05) is 0 Å². The summed E-state index contributed by atoms with van der Waals surface area (Å²) in [5, 5.41) is 13.0. The highest BCUT2D eigenvalue weighted by atomic mass is 35.5. The van der Waals surface area contributed by atoms with Crippen LogP contribution in [-0.4, -0.2) is 14.8 Å². The second-order valence-corrected chi connectivity index (χ2v) is 6.01. The highest BCUT2D eigenvalue weighted by Crippen LogP contribution is 2.26. The first-order chi connectivity index (χ1) is 12.6. The van der Waals surface area contributed by atoms with Crippen molar-refractivity contribution >= 4 is 23.8 Å². The molecular formula is C20H15ClN4O. The SMILES string of the molecule is C=Cc1cncc(C(C#N)n2cc(-c3cccc(Cl)c3)c(=O)[nH]2)c1C=C. The zero-order valence-electron chi connectivity index (χ0n) is 13.8. The van der Waals surface area contributed by atoms with Crippen LogP contribution in [0.5, 0.6) is 0 Å². The Morgan fingerprint density at radius 2 is 2.12 bits per heavy atom. The lowest BCUT2D eigenvalue weighted by atomic mass is 9.99. The lowest BCUT2D eigenvalue weighted by molar-refractivity contribution is 0.613. The van der Waals surface area contributed by atoms with E-state index in [-0.39, 0.29) is 5.56 Å². The van der Waals surface area contributed by atoms with Crippen LogP contribution < -0.4 is 5.56 Å². The molecule has 1 N–H and O–H groups in total. The Labute approximate surface area is 155 Å². The van der Waals surface area contributed by atoms with Crippen molar-refractivity contribution in [3.8, 4) is 17.2 Å². The van der Waals surface area contributed by atoms with Crippen molar-refractivity contribution in [2.24, 2.45) is 0 Å². The van der Waals surface area contributed by atoms with Crippen molar-refractivity contribution < 1.29 is 0 Å². The molecule has 0 radical (unpaired) electrons. The van der Waals surface area contributed by atoms with Crippen LogP contribution in [0.4, 0.5) is 0 Å². The molecule has 0 amide bonds. The van der Waals surface area contributed by atoms with E-state index in [1.165, 1.54) is 4.68 Å². The first-order valence-electron chi connectivity index (χ1n) is 7.78. The monoisotopic (exact) mass is 362 g/mol. The number of H-pyrrole nitrogens is 1. The van der Waals surface area contributed by atoms with Gasteiger partial charge < -0.3 is 0 Å². The number of halogens is 1.